The van der Waals surface area contributed by atoms with Crippen LogP contribution in [-0.4, -0.2) is 125 Å². The fraction of sp³-hybridized carbons (Fsp3) is 0.481. The number of benzene rings is 4. The molecule has 3 fully saturated rings. The zero-order chi connectivity index (χ0) is 50.2. The molecule has 3 aliphatic heterocycles. The van der Waals surface area contributed by atoms with Crippen LogP contribution in [-0.2, 0) is 19.9 Å². The number of likely N-dealkylation sites (tertiary alicyclic amines) is 2. The van der Waals surface area contributed by atoms with Crippen molar-refractivity contribution in [3.63, 3.8) is 0 Å². The molecule has 0 aromatic heterocycles. The van der Waals surface area contributed by atoms with E-state index >= 15 is 0 Å². The monoisotopic (exact) mass is 1040 g/mol. The van der Waals surface area contributed by atoms with E-state index in [-0.39, 0.29) is 22.2 Å². The molecule has 1 aliphatic carbocycles. The molecule has 18 heteroatoms. The summed E-state index contributed by atoms with van der Waals surface area (Å²) in [6.45, 7) is 17.6. The largest absolute Gasteiger partial charge is 0.501 e. The molecule has 70 heavy (non-hydrogen) atoms. The third kappa shape index (κ3) is 12.2. The Morgan fingerprint density at radius 2 is 1.56 bits per heavy atom. The average Bonchev–Trinajstić information content (AvgIpc) is 3.92. The Bertz CT molecular complexity index is 2760. The molecule has 4 aromatic rings. The summed E-state index contributed by atoms with van der Waals surface area (Å²) in [6, 6.07) is 26.8. The number of sulfonamides is 1. The van der Waals surface area contributed by atoms with Crippen molar-refractivity contribution in [2.75, 3.05) is 68.3 Å². The van der Waals surface area contributed by atoms with E-state index in [1.54, 1.807) is 12.1 Å². The number of nitrogens with zero attached hydrogens (tertiary/aromatic N) is 4. The van der Waals surface area contributed by atoms with Gasteiger partial charge in [-0.1, -0.05) is 61.4 Å². The molecule has 1 unspecified atom stereocenters. The quantitative estimate of drug-likeness (QED) is 0.104. The van der Waals surface area contributed by atoms with Crippen LogP contribution in [0.4, 0.5) is 24.5 Å². The number of sulfone groups is 1. The van der Waals surface area contributed by atoms with Crippen LogP contribution in [0, 0.1) is 5.41 Å². The normalized spacial score (nSPS) is 21.0. The highest BCUT2D eigenvalue weighted by molar-refractivity contribution is 7.99. The standard InChI is InChI=1S/C52H64ClF3N6O5S3/c1-50(2,3)62-34-42-29-43(62)33-61(42)24-22-40(35-68-44-9-7-6-8-10-44)57-47-20-19-45(30-48(47)69(64,65)52(54,55)56)70(66,67)58-49(63)37-13-17-41(18-14-37)60-27-25-59(26-28-60)32-38-31-51(4,5)23-21-46(38)36-11-15-39(53)16-12-36/h6-20,30,40,42-43,57H,21-29,31-35H2,1-5H3,(H,58,63)/t40?,42-,43-/m1/s1. The number of rotatable bonds is 16. The number of thioether (sulfide) groups is 1. The van der Waals surface area contributed by atoms with Crippen LogP contribution in [0.3, 0.4) is 0 Å². The minimum atomic E-state index is -6.06. The van der Waals surface area contributed by atoms with Crippen molar-refractivity contribution in [2.24, 2.45) is 5.41 Å². The van der Waals surface area contributed by atoms with Crippen LogP contribution < -0.4 is 14.9 Å². The maximum Gasteiger partial charge on any atom is 0.501 e. The molecular formula is C52H64ClF3N6O5S3. The second-order valence-corrected chi connectivity index (χ2v) is 26.0. The summed E-state index contributed by atoms with van der Waals surface area (Å²) in [5.74, 6) is -0.626. The highest BCUT2D eigenvalue weighted by Gasteiger charge is 2.49. The highest BCUT2D eigenvalue weighted by Crippen LogP contribution is 2.43. The fourth-order valence-electron chi connectivity index (χ4n) is 10.5. The summed E-state index contributed by atoms with van der Waals surface area (Å²) in [4.78, 5) is 21.9. The van der Waals surface area contributed by atoms with E-state index in [4.69, 9.17) is 11.6 Å². The molecule has 2 N–H and O–H groups in total. The first-order valence-corrected chi connectivity index (χ1v) is 28.3. The fourth-order valence-corrected chi connectivity index (χ4v) is 13.6. The summed E-state index contributed by atoms with van der Waals surface area (Å²) in [5, 5.41) is 3.79. The summed E-state index contributed by atoms with van der Waals surface area (Å²) in [6.07, 6.45) is 4.67. The van der Waals surface area contributed by atoms with Crippen LogP contribution >= 0.6 is 23.4 Å². The molecule has 1 amide bonds. The first-order valence-electron chi connectivity index (χ1n) is 24.0. The number of carbonyl (C=O) groups excluding carboxylic acids is 1. The molecule has 8 rings (SSSR count). The molecule has 3 atom stereocenters. The Hall–Kier alpha value is -4.10. The third-order valence-corrected chi connectivity index (χ3v) is 18.5. The maximum absolute atomic E-state index is 14.3. The van der Waals surface area contributed by atoms with Gasteiger partial charge in [-0.3, -0.25) is 19.5 Å². The third-order valence-electron chi connectivity index (χ3n) is 14.3. The molecule has 378 valence electrons. The van der Waals surface area contributed by atoms with Gasteiger partial charge in [-0.25, -0.2) is 21.6 Å². The second kappa shape index (κ2) is 20.8. The lowest BCUT2D eigenvalue weighted by molar-refractivity contribution is -0.0435. The number of halogens is 4. The minimum absolute atomic E-state index is 0.00468. The Kier molecular flexibility index (Phi) is 15.5. The summed E-state index contributed by atoms with van der Waals surface area (Å²) in [7, 11) is -10.9. The predicted molar refractivity (Wildman–Crippen MR) is 275 cm³/mol. The van der Waals surface area contributed by atoms with Gasteiger partial charge >= 0.3 is 5.51 Å². The van der Waals surface area contributed by atoms with Gasteiger partial charge in [-0.05, 0) is 136 Å². The number of carbonyl (C=O) groups is 1. The van der Waals surface area contributed by atoms with Gasteiger partial charge in [0, 0.05) is 103 Å². The lowest BCUT2D eigenvalue weighted by atomic mass is 9.73. The first kappa shape index (κ1) is 52.2. The number of hydrogen-bond acceptors (Lipinski definition) is 11. The minimum Gasteiger partial charge on any atom is -0.380 e. The van der Waals surface area contributed by atoms with Gasteiger partial charge in [-0.15, -0.1) is 11.8 Å². The molecule has 0 spiro atoms. The van der Waals surface area contributed by atoms with Crippen LogP contribution in [0.25, 0.3) is 5.57 Å². The Balaban J connectivity index is 0.933. The topological polar surface area (TPSA) is 122 Å². The van der Waals surface area contributed by atoms with Crippen molar-refractivity contribution < 1.29 is 34.8 Å². The molecular weight excluding hydrogens is 977 g/mol. The van der Waals surface area contributed by atoms with E-state index in [0.717, 1.165) is 94.2 Å². The van der Waals surface area contributed by atoms with E-state index in [2.05, 4.69) is 71.7 Å². The average molecular weight is 1040 g/mol. The number of nitrogens with one attached hydrogen (secondary N) is 2. The van der Waals surface area contributed by atoms with Crippen LogP contribution in [0.15, 0.2) is 117 Å². The molecule has 4 aliphatic rings. The molecule has 11 nitrogen and oxygen atoms in total. The van der Waals surface area contributed by atoms with Gasteiger partial charge in [0.15, 0.2) is 0 Å². The van der Waals surface area contributed by atoms with Crippen LogP contribution in [0.2, 0.25) is 5.02 Å². The van der Waals surface area contributed by atoms with Gasteiger partial charge < -0.3 is 10.2 Å². The van der Waals surface area contributed by atoms with Crippen molar-refractivity contribution in [1.29, 1.82) is 0 Å². The first-order chi connectivity index (χ1) is 33.0. The van der Waals surface area contributed by atoms with Gasteiger partial charge in [-0.2, -0.15) is 13.2 Å². The van der Waals surface area contributed by atoms with Crippen molar-refractivity contribution in [1.82, 2.24) is 19.4 Å². The van der Waals surface area contributed by atoms with E-state index in [9.17, 15) is 34.8 Å². The Labute approximate surface area is 421 Å². The zero-order valence-electron chi connectivity index (χ0n) is 40.4. The number of amides is 1. The number of fused-ring (bicyclic) bond motifs is 2. The molecule has 0 radical (unpaired) electrons. The summed E-state index contributed by atoms with van der Waals surface area (Å²) >= 11 is 7.68. The predicted octanol–water partition coefficient (Wildman–Crippen LogP) is 10.1. The summed E-state index contributed by atoms with van der Waals surface area (Å²) in [5.41, 5.74) is -0.942. The number of piperazine rings is 2. The smallest absolute Gasteiger partial charge is 0.380 e. The van der Waals surface area contributed by atoms with E-state index in [1.165, 1.54) is 40.6 Å². The van der Waals surface area contributed by atoms with Crippen LogP contribution in [0.1, 0.15) is 82.6 Å². The van der Waals surface area contributed by atoms with E-state index in [0.29, 0.717) is 41.9 Å². The highest BCUT2D eigenvalue weighted by atomic mass is 35.5. The van der Waals surface area contributed by atoms with Gasteiger partial charge in [0.1, 0.15) is 4.90 Å². The molecule has 0 saturated carbocycles. The number of hydrogen-bond donors (Lipinski definition) is 2. The van der Waals surface area contributed by atoms with Crippen molar-refractivity contribution >= 4 is 66.1 Å². The molecule has 3 heterocycles. The molecule has 2 bridgehead atoms. The van der Waals surface area contributed by atoms with E-state index < -0.39 is 47.1 Å². The maximum atomic E-state index is 14.3. The van der Waals surface area contributed by atoms with Crippen LogP contribution in [0.5, 0.6) is 0 Å². The van der Waals surface area contributed by atoms with Gasteiger partial charge in [0.25, 0.3) is 25.8 Å². The zero-order valence-corrected chi connectivity index (χ0v) is 43.6. The Morgan fingerprint density at radius 3 is 2.19 bits per heavy atom. The lowest BCUT2D eigenvalue weighted by Crippen LogP contribution is -2.53. The van der Waals surface area contributed by atoms with Crippen molar-refractivity contribution in [2.45, 2.75) is 111 Å². The van der Waals surface area contributed by atoms with E-state index in [1.807, 2.05) is 47.2 Å². The second-order valence-electron chi connectivity index (χ2n) is 20.9. The SMILES string of the molecule is CC1(C)CCC(c2ccc(Cl)cc2)=C(CN2CCN(c3ccc(C(=O)NS(=O)(=O)c4ccc(NC(CCN5C[C@H]6C[C@@H]5CN6C(C)(C)C)CSc5ccccc5)c(S(=O)(=O)C(F)(F)F)c4)cc3)CC2)C1. The molecule has 4 aromatic carbocycles. The van der Waals surface area contributed by atoms with Gasteiger partial charge in [0.2, 0.25) is 0 Å². The lowest BCUT2D eigenvalue weighted by Gasteiger charge is -2.42. The van der Waals surface area contributed by atoms with Crippen molar-refractivity contribution in [3.8, 4) is 0 Å². The number of alkyl halides is 3. The summed E-state index contributed by atoms with van der Waals surface area (Å²) < 4.78 is 98.8. The number of anilines is 2. The van der Waals surface area contributed by atoms with Crippen molar-refractivity contribution in [3.05, 3.63) is 119 Å². The van der Waals surface area contributed by atoms with Gasteiger partial charge in [0.05, 0.1) is 10.6 Å². The Morgan fingerprint density at radius 1 is 0.871 bits per heavy atom. The number of allylic oxidation sites excluding steroid dienone is 1. The molecule has 3 saturated heterocycles.